The normalized spacial score (nSPS) is 13.8. The average molecular weight is 353 g/mol. The molecule has 0 bridgehead atoms. The molecule has 2 aromatic rings. The van der Waals surface area contributed by atoms with Crippen molar-refractivity contribution in [3.63, 3.8) is 0 Å². The third-order valence-electron chi connectivity index (χ3n) is 3.91. The highest BCUT2D eigenvalue weighted by Gasteiger charge is 2.21. The number of methoxy groups -OCH3 is 1. The number of halogens is 1. The van der Waals surface area contributed by atoms with Crippen LogP contribution in [0.25, 0.3) is 0 Å². The van der Waals surface area contributed by atoms with E-state index in [2.05, 4.69) is 4.72 Å². The summed E-state index contributed by atoms with van der Waals surface area (Å²) in [4.78, 5) is 2.26. The van der Waals surface area contributed by atoms with Gasteiger partial charge in [0.05, 0.1) is 22.7 Å². The summed E-state index contributed by atoms with van der Waals surface area (Å²) in [6.07, 6.45) is 0.932. The Morgan fingerprint density at radius 1 is 1.22 bits per heavy atom. The molecule has 122 valence electrons. The number of rotatable bonds is 4. The van der Waals surface area contributed by atoms with Crippen LogP contribution in [0.1, 0.15) is 5.56 Å². The quantitative estimate of drug-likeness (QED) is 0.918. The molecule has 7 heteroatoms. The Morgan fingerprint density at radius 2 is 2.00 bits per heavy atom. The zero-order valence-electron chi connectivity index (χ0n) is 12.8. The number of fused-ring (bicyclic) bond motifs is 1. The fourth-order valence-electron chi connectivity index (χ4n) is 2.60. The standard InChI is InChI=1S/C16H17ClN2O3S/c1-19-8-7-11-3-5-13(10-16(11)19)23(20,21)18-15-9-12(22-2)4-6-14(15)17/h3-6,9-10,18H,7-8H2,1-2H3. The number of nitrogens with one attached hydrogen (secondary N) is 1. The number of sulfonamides is 1. The van der Waals surface area contributed by atoms with E-state index < -0.39 is 10.0 Å². The fraction of sp³-hybridized carbons (Fsp3) is 0.250. The molecule has 1 aliphatic rings. The van der Waals surface area contributed by atoms with E-state index in [0.29, 0.717) is 16.5 Å². The van der Waals surface area contributed by atoms with E-state index in [4.69, 9.17) is 16.3 Å². The topological polar surface area (TPSA) is 58.6 Å². The number of hydrogen-bond donors (Lipinski definition) is 1. The molecule has 0 fully saturated rings. The molecule has 0 atom stereocenters. The summed E-state index contributed by atoms with van der Waals surface area (Å²) in [5.41, 5.74) is 2.40. The molecule has 0 spiro atoms. The van der Waals surface area contributed by atoms with Crippen molar-refractivity contribution in [2.75, 3.05) is 30.3 Å². The zero-order valence-corrected chi connectivity index (χ0v) is 14.4. The van der Waals surface area contributed by atoms with Crippen molar-refractivity contribution in [2.24, 2.45) is 0 Å². The second kappa shape index (κ2) is 5.94. The summed E-state index contributed by atoms with van der Waals surface area (Å²) < 4.78 is 32.9. The van der Waals surface area contributed by atoms with E-state index >= 15 is 0 Å². The van der Waals surface area contributed by atoms with E-state index in [0.717, 1.165) is 24.2 Å². The first-order chi connectivity index (χ1) is 10.9. The minimum absolute atomic E-state index is 0.212. The molecular formula is C16H17ClN2O3S. The molecule has 23 heavy (non-hydrogen) atoms. The molecule has 0 radical (unpaired) electrons. The highest BCUT2D eigenvalue weighted by Crippen LogP contribution is 2.32. The number of benzene rings is 2. The summed E-state index contributed by atoms with van der Waals surface area (Å²) in [5, 5.41) is 0.313. The van der Waals surface area contributed by atoms with Crippen LogP contribution in [0, 0.1) is 0 Å². The maximum absolute atomic E-state index is 12.6. The molecule has 0 aromatic heterocycles. The Hall–Kier alpha value is -1.92. The zero-order chi connectivity index (χ0) is 16.6. The fourth-order valence-corrected chi connectivity index (χ4v) is 3.91. The van der Waals surface area contributed by atoms with Gasteiger partial charge in [-0.1, -0.05) is 17.7 Å². The Labute approximate surface area is 140 Å². The lowest BCUT2D eigenvalue weighted by Crippen LogP contribution is -2.15. The number of anilines is 2. The lowest BCUT2D eigenvalue weighted by atomic mass is 10.2. The number of likely N-dealkylation sites (N-methyl/N-ethyl adjacent to an activating group) is 1. The average Bonchev–Trinajstić information content (AvgIpc) is 2.90. The van der Waals surface area contributed by atoms with Gasteiger partial charge in [-0.05, 0) is 36.2 Å². The highest BCUT2D eigenvalue weighted by atomic mass is 35.5. The monoisotopic (exact) mass is 352 g/mol. The van der Waals surface area contributed by atoms with Crippen molar-refractivity contribution in [1.29, 1.82) is 0 Å². The Kier molecular flexibility index (Phi) is 4.12. The van der Waals surface area contributed by atoms with E-state index in [1.807, 2.05) is 18.0 Å². The first kappa shape index (κ1) is 16.0. The van der Waals surface area contributed by atoms with Crippen LogP contribution in [-0.4, -0.2) is 29.1 Å². The largest absolute Gasteiger partial charge is 0.497 e. The van der Waals surface area contributed by atoms with Crippen LogP contribution in [0.2, 0.25) is 5.02 Å². The van der Waals surface area contributed by atoms with E-state index in [1.54, 1.807) is 30.3 Å². The second-order valence-corrected chi connectivity index (χ2v) is 7.50. The van der Waals surface area contributed by atoms with Crippen molar-refractivity contribution >= 4 is 33.0 Å². The third-order valence-corrected chi connectivity index (χ3v) is 5.61. The maximum atomic E-state index is 12.6. The molecule has 0 unspecified atom stereocenters. The van der Waals surface area contributed by atoms with Gasteiger partial charge in [-0.3, -0.25) is 4.72 Å². The molecule has 0 saturated heterocycles. The maximum Gasteiger partial charge on any atom is 0.262 e. The highest BCUT2D eigenvalue weighted by molar-refractivity contribution is 7.92. The van der Waals surface area contributed by atoms with Gasteiger partial charge in [0.2, 0.25) is 0 Å². The smallest absolute Gasteiger partial charge is 0.262 e. The van der Waals surface area contributed by atoms with E-state index in [1.165, 1.54) is 7.11 Å². The van der Waals surface area contributed by atoms with Crippen LogP contribution in [0.5, 0.6) is 5.75 Å². The van der Waals surface area contributed by atoms with Gasteiger partial charge in [-0.25, -0.2) is 8.42 Å². The summed E-state index contributed by atoms with van der Waals surface area (Å²) >= 11 is 6.07. The molecule has 0 saturated carbocycles. The van der Waals surface area contributed by atoms with Crippen LogP contribution >= 0.6 is 11.6 Å². The SMILES string of the molecule is COc1ccc(Cl)c(NS(=O)(=O)c2ccc3c(c2)N(C)CC3)c1. The first-order valence-corrected chi connectivity index (χ1v) is 8.97. The van der Waals surface area contributed by atoms with Gasteiger partial charge < -0.3 is 9.64 Å². The van der Waals surface area contributed by atoms with Crippen molar-refractivity contribution in [3.8, 4) is 5.75 Å². The van der Waals surface area contributed by atoms with Crippen LogP contribution in [0.15, 0.2) is 41.3 Å². The molecule has 5 nitrogen and oxygen atoms in total. The summed E-state index contributed by atoms with van der Waals surface area (Å²) in [6.45, 7) is 0.897. The van der Waals surface area contributed by atoms with Gasteiger partial charge in [0.15, 0.2) is 0 Å². The Morgan fingerprint density at radius 3 is 2.74 bits per heavy atom. The predicted octanol–water partition coefficient (Wildman–Crippen LogP) is 3.14. The molecule has 1 heterocycles. The van der Waals surface area contributed by atoms with Crippen LogP contribution in [-0.2, 0) is 16.4 Å². The van der Waals surface area contributed by atoms with Crippen LogP contribution in [0.3, 0.4) is 0 Å². The minimum atomic E-state index is -3.72. The summed E-state index contributed by atoms with van der Waals surface area (Å²) in [7, 11) is -0.258. The van der Waals surface area contributed by atoms with Crippen molar-refractivity contribution in [3.05, 3.63) is 47.0 Å². The van der Waals surface area contributed by atoms with Gasteiger partial charge in [0, 0.05) is 25.3 Å². The number of ether oxygens (including phenoxy) is 1. The van der Waals surface area contributed by atoms with Crippen molar-refractivity contribution in [1.82, 2.24) is 0 Å². The lowest BCUT2D eigenvalue weighted by molar-refractivity contribution is 0.415. The Bertz CT molecular complexity index is 852. The predicted molar refractivity (Wildman–Crippen MR) is 92.2 cm³/mol. The molecule has 3 rings (SSSR count). The summed E-state index contributed by atoms with van der Waals surface area (Å²) in [6, 6.07) is 9.99. The van der Waals surface area contributed by atoms with Gasteiger partial charge in [-0.15, -0.1) is 0 Å². The van der Waals surface area contributed by atoms with Crippen molar-refractivity contribution < 1.29 is 13.2 Å². The molecule has 1 N–H and O–H groups in total. The van der Waals surface area contributed by atoms with Gasteiger partial charge in [-0.2, -0.15) is 0 Å². The molecular weight excluding hydrogens is 336 g/mol. The van der Waals surface area contributed by atoms with Gasteiger partial charge in [0.25, 0.3) is 10.0 Å². The molecule has 0 amide bonds. The van der Waals surface area contributed by atoms with Gasteiger partial charge >= 0.3 is 0 Å². The minimum Gasteiger partial charge on any atom is -0.497 e. The van der Waals surface area contributed by atoms with Gasteiger partial charge in [0.1, 0.15) is 5.75 Å². The molecule has 2 aromatic carbocycles. The number of hydrogen-bond acceptors (Lipinski definition) is 4. The molecule has 0 aliphatic carbocycles. The van der Waals surface area contributed by atoms with Crippen LogP contribution in [0.4, 0.5) is 11.4 Å². The molecule has 1 aliphatic heterocycles. The second-order valence-electron chi connectivity index (χ2n) is 5.41. The first-order valence-electron chi connectivity index (χ1n) is 7.11. The van der Waals surface area contributed by atoms with Crippen LogP contribution < -0.4 is 14.4 Å². The lowest BCUT2D eigenvalue weighted by Gasteiger charge is -2.15. The third kappa shape index (κ3) is 3.09. The Balaban J connectivity index is 1.95. The number of nitrogens with zero attached hydrogens (tertiary/aromatic N) is 1. The van der Waals surface area contributed by atoms with Crippen molar-refractivity contribution in [2.45, 2.75) is 11.3 Å². The van der Waals surface area contributed by atoms with E-state index in [9.17, 15) is 8.42 Å². The van der Waals surface area contributed by atoms with E-state index in [-0.39, 0.29) is 4.90 Å². The summed E-state index contributed by atoms with van der Waals surface area (Å²) in [5.74, 6) is 0.529.